The first kappa shape index (κ1) is 14.0. The van der Waals surface area contributed by atoms with Crippen LogP contribution in [0.25, 0.3) is 0 Å². The molecule has 0 atom stereocenters. The molecule has 0 fully saturated rings. The Hall–Kier alpha value is -0.963. The maximum atomic E-state index is 5.82. The van der Waals surface area contributed by atoms with E-state index in [0.717, 1.165) is 17.6 Å². The van der Waals surface area contributed by atoms with Crippen molar-refractivity contribution in [2.24, 2.45) is 0 Å². The predicted molar refractivity (Wildman–Crippen MR) is 68.1 cm³/mol. The fourth-order valence-corrected chi connectivity index (χ4v) is 1.84. The number of allylic oxidation sites excluding steroid dienone is 3. The van der Waals surface area contributed by atoms with Crippen molar-refractivity contribution in [1.82, 2.24) is 0 Å². The van der Waals surface area contributed by atoms with E-state index in [9.17, 15) is 0 Å². The zero-order valence-electron chi connectivity index (χ0n) is 10.5. The minimum atomic E-state index is -1.63. The highest BCUT2D eigenvalue weighted by Gasteiger charge is 2.20. The van der Waals surface area contributed by atoms with Crippen LogP contribution in [0.2, 0.25) is 19.6 Å². The highest BCUT2D eigenvalue weighted by atomic mass is 28.4. The van der Waals surface area contributed by atoms with Crippen LogP contribution < -0.4 is 0 Å². The summed E-state index contributed by atoms with van der Waals surface area (Å²) in [6.07, 6.45) is 2.52. The molecule has 0 aromatic heterocycles. The monoisotopic (exact) mass is 226 g/mol. The maximum Gasteiger partial charge on any atom is 0.268 e. The van der Waals surface area contributed by atoms with E-state index in [1.807, 2.05) is 6.92 Å². The van der Waals surface area contributed by atoms with Gasteiger partial charge in [0, 0.05) is 5.57 Å². The van der Waals surface area contributed by atoms with Crippen LogP contribution in [-0.4, -0.2) is 15.4 Å². The highest BCUT2D eigenvalue weighted by Crippen LogP contribution is 2.20. The zero-order valence-corrected chi connectivity index (χ0v) is 11.5. The Kier molecular flexibility index (Phi) is 5.43. The molecule has 0 saturated heterocycles. The lowest BCUT2D eigenvalue weighted by atomic mass is 10.1. The lowest BCUT2D eigenvalue weighted by Crippen LogP contribution is -2.26. The molecule has 3 heteroatoms. The van der Waals surface area contributed by atoms with E-state index in [1.165, 1.54) is 0 Å². The Balaban J connectivity index is 4.90. The molecule has 0 saturated carbocycles. The summed E-state index contributed by atoms with van der Waals surface area (Å²) in [5.41, 5.74) is 2.03. The highest BCUT2D eigenvalue weighted by molar-refractivity contribution is 6.70. The molecule has 0 aliphatic rings. The number of rotatable bonds is 6. The molecule has 0 amide bonds. The lowest BCUT2D eigenvalue weighted by molar-refractivity contribution is 0.142. The molecule has 0 aromatic rings. The summed E-state index contributed by atoms with van der Waals surface area (Å²) in [5, 5.41) is 0. The quantitative estimate of drug-likeness (QED) is 0.296. The van der Waals surface area contributed by atoms with Gasteiger partial charge in [0.1, 0.15) is 0 Å². The van der Waals surface area contributed by atoms with E-state index >= 15 is 0 Å². The van der Waals surface area contributed by atoms with Crippen molar-refractivity contribution in [3.8, 4) is 0 Å². The van der Waals surface area contributed by atoms with E-state index in [1.54, 1.807) is 13.2 Å². The molecule has 0 aromatic carbocycles. The Morgan fingerprint density at radius 2 is 1.87 bits per heavy atom. The first-order chi connectivity index (χ1) is 6.80. The van der Waals surface area contributed by atoms with Gasteiger partial charge in [-0.2, -0.15) is 0 Å². The summed E-state index contributed by atoms with van der Waals surface area (Å²) in [4.78, 5) is 0. The van der Waals surface area contributed by atoms with Gasteiger partial charge in [0.2, 0.25) is 8.32 Å². The van der Waals surface area contributed by atoms with E-state index < -0.39 is 8.32 Å². The average Bonchev–Trinajstić information content (AvgIpc) is 2.08. The Labute approximate surface area is 94.4 Å². The van der Waals surface area contributed by atoms with E-state index in [-0.39, 0.29) is 0 Å². The minimum absolute atomic E-state index is 0.590. The van der Waals surface area contributed by atoms with Crippen LogP contribution in [0.15, 0.2) is 36.3 Å². The van der Waals surface area contributed by atoms with E-state index in [0.29, 0.717) is 5.95 Å². The van der Waals surface area contributed by atoms with E-state index in [4.69, 9.17) is 9.16 Å². The molecule has 0 bridgehead atoms. The van der Waals surface area contributed by atoms with Crippen LogP contribution in [0.4, 0.5) is 0 Å². The van der Waals surface area contributed by atoms with Crippen LogP contribution in [0, 0.1) is 0 Å². The molecule has 15 heavy (non-hydrogen) atoms. The average molecular weight is 226 g/mol. The molecule has 0 spiro atoms. The van der Waals surface area contributed by atoms with Gasteiger partial charge < -0.3 is 9.16 Å². The fourth-order valence-electron chi connectivity index (χ4n) is 1.07. The smallest absolute Gasteiger partial charge is 0.268 e. The normalized spacial score (nSPS) is 12.9. The van der Waals surface area contributed by atoms with Crippen LogP contribution in [0.3, 0.4) is 0 Å². The molecule has 0 aliphatic heterocycles. The third-order valence-electron chi connectivity index (χ3n) is 1.59. The third-order valence-corrected chi connectivity index (χ3v) is 2.38. The number of ether oxygens (including phenoxy) is 1. The first-order valence-corrected chi connectivity index (χ1v) is 8.44. The Bertz CT molecular complexity index is 272. The van der Waals surface area contributed by atoms with Crippen LogP contribution in [0.1, 0.15) is 13.3 Å². The van der Waals surface area contributed by atoms with Gasteiger partial charge in [0.15, 0.2) is 0 Å². The maximum absolute atomic E-state index is 5.82. The molecule has 0 aliphatic carbocycles. The van der Waals surface area contributed by atoms with Crippen molar-refractivity contribution in [1.29, 1.82) is 0 Å². The summed E-state index contributed by atoms with van der Waals surface area (Å²) in [7, 11) is -0.00924. The number of hydrogen-bond donors (Lipinski definition) is 0. The van der Waals surface area contributed by atoms with Gasteiger partial charge in [0.05, 0.1) is 7.11 Å². The first-order valence-electron chi connectivity index (χ1n) is 5.03. The Morgan fingerprint density at radius 3 is 2.13 bits per heavy atom. The molecular weight excluding hydrogens is 204 g/mol. The summed E-state index contributed by atoms with van der Waals surface area (Å²) in [5.74, 6) is 0.590. The van der Waals surface area contributed by atoms with Crippen molar-refractivity contribution < 1.29 is 9.16 Å². The molecule has 0 N–H and O–H groups in total. The van der Waals surface area contributed by atoms with E-state index in [2.05, 4.69) is 32.8 Å². The third kappa shape index (κ3) is 6.17. The van der Waals surface area contributed by atoms with Gasteiger partial charge in [-0.05, 0) is 33.0 Å². The van der Waals surface area contributed by atoms with Crippen molar-refractivity contribution in [2.75, 3.05) is 7.11 Å². The van der Waals surface area contributed by atoms with Crippen molar-refractivity contribution >= 4 is 8.32 Å². The van der Waals surface area contributed by atoms with Gasteiger partial charge in [-0.15, -0.1) is 0 Å². The molecule has 86 valence electrons. The molecule has 0 radical (unpaired) electrons. The second kappa shape index (κ2) is 5.81. The largest absolute Gasteiger partial charge is 0.520 e. The molecule has 0 heterocycles. The molecule has 2 nitrogen and oxygen atoms in total. The van der Waals surface area contributed by atoms with Crippen LogP contribution in [-0.2, 0) is 9.16 Å². The topological polar surface area (TPSA) is 18.5 Å². The summed E-state index contributed by atoms with van der Waals surface area (Å²) in [6.45, 7) is 16.0. The summed E-state index contributed by atoms with van der Waals surface area (Å²) in [6, 6.07) is 0. The predicted octanol–water partition coefficient (Wildman–Crippen LogP) is 3.85. The summed E-state index contributed by atoms with van der Waals surface area (Å²) < 4.78 is 11.1. The zero-order chi connectivity index (χ0) is 12.1. The van der Waals surface area contributed by atoms with Gasteiger partial charge in [0.25, 0.3) is 5.95 Å². The van der Waals surface area contributed by atoms with Crippen LogP contribution >= 0.6 is 0 Å². The van der Waals surface area contributed by atoms with Gasteiger partial charge in [-0.3, -0.25) is 0 Å². The van der Waals surface area contributed by atoms with Crippen molar-refractivity contribution in [3.63, 3.8) is 0 Å². The van der Waals surface area contributed by atoms with Crippen molar-refractivity contribution in [2.45, 2.75) is 33.0 Å². The van der Waals surface area contributed by atoms with Gasteiger partial charge >= 0.3 is 0 Å². The Morgan fingerprint density at radius 1 is 1.33 bits per heavy atom. The summed E-state index contributed by atoms with van der Waals surface area (Å²) >= 11 is 0. The van der Waals surface area contributed by atoms with Crippen molar-refractivity contribution in [3.05, 3.63) is 36.3 Å². The van der Waals surface area contributed by atoms with Gasteiger partial charge in [-0.25, -0.2) is 0 Å². The number of hydrogen-bond acceptors (Lipinski definition) is 2. The molecule has 0 unspecified atom stereocenters. The SMILES string of the molecule is C=CC(CC(=C)C)=C(OC)O[Si](C)(C)C. The second-order valence-corrected chi connectivity index (χ2v) is 9.00. The standard InChI is InChI=1S/C12H22O2Si/c1-8-11(9-10(2)3)12(13-4)14-15(5,6)7/h8H,1-2,9H2,3-7H3. The molecular formula is C12H22O2Si. The fraction of sp³-hybridized carbons (Fsp3) is 0.500. The van der Waals surface area contributed by atoms with Gasteiger partial charge in [-0.1, -0.05) is 24.8 Å². The minimum Gasteiger partial charge on any atom is -0.520 e. The number of methoxy groups -OCH3 is 1. The lowest BCUT2D eigenvalue weighted by Gasteiger charge is -2.22. The second-order valence-electron chi connectivity index (χ2n) is 4.57. The molecule has 0 rings (SSSR count). The van der Waals surface area contributed by atoms with Crippen LogP contribution in [0.5, 0.6) is 0 Å².